The summed E-state index contributed by atoms with van der Waals surface area (Å²) < 4.78 is 28.2. The molecule has 0 aromatic carbocycles. The third-order valence-corrected chi connectivity index (χ3v) is 6.10. The van der Waals surface area contributed by atoms with E-state index in [4.69, 9.17) is 0 Å². The van der Waals surface area contributed by atoms with Crippen LogP contribution in [0.1, 0.15) is 33.6 Å². The van der Waals surface area contributed by atoms with Crippen molar-refractivity contribution in [3.8, 4) is 0 Å². The summed E-state index contributed by atoms with van der Waals surface area (Å²) in [5, 5.41) is 3.11. The Morgan fingerprint density at radius 1 is 1.48 bits per heavy atom. The van der Waals surface area contributed by atoms with Gasteiger partial charge in [0.15, 0.2) is 0 Å². The van der Waals surface area contributed by atoms with Gasteiger partial charge < -0.3 is 5.32 Å². The number of rotatable bonds is 5. The summed E-state index contributed by atoms with van der Waals surface area (Å²) in [6.07, 6.45) is 3.43. The van der Waals surface area contributed by atoms with Gasteiger partial charge in [-0.2, -0.15) is 4.31 Å². The molecule has 2 atom stereocenters. The molecule has 5 nitrogen and oxygen atoms in total. The second-order valence-corrected chi connectivity index (χ2v) is 8.47. The topological polar surface area (TPSA) is 62.3 Å². The highest BCUT2D eigenvalue weighted by molar-refractivity contribution is 9.10. The average Bonchev–Trinajstić information content (AvgIpc) is 2.77. The van der Waals surface area contributed by atoms with Crippen LogP contribution in [0.25, 0.3) is 0 Å². The maximum Gasteiger partial charge on any atom is 0.247 e. The molecule has 1 aliphatic heterocycles. The highest BCUT2D eigenvalue weighted by Crippen LogP contribution is 2.32. The van der Waals surface area contributed by atoms with Gasteiger partial charge in [-0.1, -0.05) is 13.8 Å². The van der Waals surface area contributed by atoms with E-state index < -0.39 is 10.0 Å². The van der Waals surface area contributed by atoms with Crippen molar-refractivity contribution in [1.82, 2.24) is 9.29 Å². The summed E-state index contributed by atoms with van der Waals surface area (Å²) in [5.41, 5.74) is 0. The van der Waals surface area contributed by atoms with Crippen molar-refractivity contribution in [3.05, 3.63) is 16.7 Å². The monoisotopic (exact) mass is 375 g/mol. The molecule has 1 aromatic rings. The maximum atomic E-state index is 13.0. The van der Waals surface area contributed by atoms with E-state index in [2.05, 4.69) is 33.2 Å². The van der Waals surface area contributed by atoms with E-state index in [0.29, 0.717) is 29.3 Å². The van der Waals surface area contributed by atoms with Gasteiger partial charge in [0.1, 0.15) is 10.7 Å². The fraction of sp³-hybridized carbons (Fsp3) is 0.643. The van der Waals surface area contributed by atoms with Crippen molar-refractivity contribution in [1.29, 1.82) is 0 Å². The zero-order chi connectivity index (χ0) is 15.6. The number of pyridine rings is 1. The first-order valence-electron chi connectivity index (χ1n) is 7.27. The van der Waals surface area contributed by atoms with E-state index >= 15 is 0 Å². The Morgan fingerprint density at radius 3 is 2.76 bits per heavy atom. The largest absolute Gasteiger partial charge is 0.369 e. The standard InChI is InChI=1S/C14H22BrN3O2S/c1-4-5-16-14-13(7-12(15)8-17-14)21(19,20)18-9-10(2)6-11(18)3/h7-8,10-11H,4-6,9H2,1-3H3,(H,16,17). The normalized spacial score (nSPS) is 23.4. The van der Waals surface area contributed by atoms with Gasteiger partial charge in [0.25, 0.3) is 0 Å². The van der Waals surface area contributed by atoms with E-state index in [1.54, 1.807) is 16.6 Å². The van der Waals surface area contributed by atoms with Gasteiger partial charge in [-0.05, 0) is 47.7 Å². The summed E-state index contributed by atoms with van der Waals surface area (Å²) in [6.45, 7) is 7.35. The van der Waals surface area contributed by atoms with E-state index in [9.17, 15) is 8.42 Å². The Bertz CT molecular complexity index is 606. The highest BCUT2D eigenvalue weighted by Gasteiger charge is 2.37. The Balaban J connectivity index is 2.41. The van der Waals surface area contributed by atoms with E-state index in [1.807, 2.05) is 13.8 Å². The Labute approximate surface area is 135 Å². The first kappa shape index (κ1) is 16.7. The molecule has 21 heavy (non-hydrogen) atoms. The van der Waals surface area contributed by atoms with Gasteiger partial charge in [0.05, 0.1) is 0 Å². The summed E-state index contributed by atoms with van der Waals surface area (Å²) in [4.78, 5) is 4.49. The second-order valence-electron chi connectivity index (χ2n) is 5.69. The molecular formula is C14H22BrN3O2S. The Kier molecular flexibility index (Phi) is 5.27. The molecule has 1 aliphatic rings. The minimum Gasteiger partial charge on any atom is -0.369 e. The number of halogens is 1. The van der Waals surface area contributed by atoms with Crippen molar-refractivity contribution in [2.75, 3.05) is 18.4 Å². The summed E-state index contributed by atoms with van der Waals surface area (Å²) >= 11 is 3.32. The molecule has 1 saturated heterocycles. The SMILES string of the molecule is CCCNc1ncc(Br)cc1S(=O)(=O)N1CC(C)CC1C. The Hall–Kier alpha value is -0.660. The quantitative estimate of drug-likeness (QED) is 0.858. The number of nitrogens with zero attached hydrogens (tertiary/aromatic N) is 2. The zero-order valence-electron chi connectivity index (χ0n) is 12.6. The van der Waals surface area contributed by atoms with Crippen LogP contribution < -0.4 is 5.32 Å². The van der Waals surface area contributed by atoms with Gasteiger partial charge in [-0.3, -0.25) is 0 Å². The van der Waals surface area contributed by atoms with Crippen molar-refractivity contribution in [3.63, 3.8) is 0 Å². The smallest absolute Gasteiger partial charge is 0.247 e. The number of nitrogens with one attached hydrogen (secondary N) is 1. The minimum atomic E-state index is -3.53. The fourth-order valence-corrected chi connectivity index (χ4v) is 5.11. The van der Waals surface area contributed by atoms with Crippen LogP contribution >= 0.6 is 15.9 Å². The van der Waals surface area contributed by atoms with Crippen LogP contribution in [0.4, 0.5) is 5.82 Å². The van der Waals surface area contributed by atoms with Crippen LogP contribution in [-0.4, -0.2) is 36.8 Å². The maximum absolute atomic E-state index is 13.0. The molecule has 2 rings (SSSR count). The van der Waals surface area contributed by atoms with Crippen molar-refractivity contribution in [2.24, 2.45) is 5.92 Å². The van der Waals surface area contributed by atoms with Gasteiger partial charge in [-0.25, -0.2) is 13.4 Å². The lowest BCUT2D eigenvalue weighted by atomic mass is 10.1. The van der Waals surface area contributed by atoms with Crippen LogP contribution in [0, 0.1) is 5.92 Å². The third kappa shape index (κ3) is 3.57. The van der Waals surface area contributed by atoms with Gasteiger partial charge >= 0.3 is 0 Å². The first-order chi connectivity index (χ1) is 9.86. The molecule has 0 saturated carbocycles. The molecule has 0 amide bonds. The molecule has 0 bridgehead atoms. The summed E-state index contributed by atoms with van der Waals surface area (Å²) in [5.74, 6) is 0.828. The zero-order valence-corrected chi connectivity index (χ0v) is 15.0. The van der Waals surface area contributed by atoms with Crippen LogP contribution in [-0.2, 0) is 10.0 Å². The van der Waals surface area contributed by atoms with Crippen LogP contribution in [0.3, 0.4) is 0 Å². The van der Waals surface area contributed by atoms with Crippen molar-refractivity contribution >= 4 is 31.8 Å². The van der Waals surface area contributed by atoms with Crippen LogP contribution in [0.15, 0.2) is 21.6 Å². The minimum absolute atomic E-state index is 0.0306. The van der Waals surface area contributed by atoms with E-state index in [-0.39, 0.29) is 10.9 Å². The molecule has 7 heteroatoms. The third-order valence-electron chi connectivity index (χ3n) is 3.68. The lowest BCUT2D eigenvalue weighted by Gasteiger charge is -2.22. The van der Waals surface area contributed by atoms with Gasteiger partial charge in [0.2, 0.25) is 10.0 Å². The summed E-state index contributed by atoms with van der Waals surface area (Å²) in [7, 11) is -3.53. The second kappa shape index (κ2) is 6.62. The molecule has 2 heterocycles. The average molecular weight is 376 g/mol. The molecule has 118 valence electrons. The molecular weight excluding hydrogens is 354 g/mol. The van der Waals surface area contributed by atoms with Crippen molar-refractivity contribution in [2.45, 2.75) is 44.6 Å². The Morgan fingerprint density at radius 2 is 2.19 bits per heavy atom. The predicted octanol–water partition coefficient (Wildman–Crippen LogP) is 3.09. The molecule has 1 fully saturated rings. The van der Waals surface area contributed by atoms with Gasteiger partial charge in [-0.15, -0.1) is 0 Å². The molecule has 0 spiro atoms. The molecule has 1 aromatic heterocycles. The lowest BCUT2D eigenvalue weighted by molar-refractivity contribution is 0.405. The van der Waals surface area contributed by atoms with Crippen LogP contribution in [0.2, 0.25) is 0 Å². The number of hydrogen-bond donors (Lipinski definition) is 1. The van der Waals surface area contributed by atoms with E-state index in [0.717, 1.165) is 12.8 Å². The first-order valence-corrected chi connectivity index (χ1v) is 9.50. The molecule has 0 radical (unpaired) electrons. The molecule has 0 aliphatic carbocycles. The van der Waals surface area contributed by atoms with Crippen molar-refractivity contribution < 1.29 is 8.42 Å². The molecule has 2 unspecified atom stereocenters. The number of hydrogen-bond acceptors (Lipinski definition) is 4. The summed E-state index contributed by atoms with van der Waals surface area (Å²) in [6, 6.07) is 1.67. The fourth-order valence-electron chi connectivity index (χ4n) is 2.72. The number of aromatic nitrogens is 1. The molecule has 1 N–H and O–H groups in total. The van der Waals surface area contributed by atoms with Crippen LogP contribution in [0.5, 0.6) is 0 Å². The van der Waals surface area contributed by atoms with E-state index in [1.165, 1.54) is 0 Å². The van der Waals surface area contributed by atoms with Gasteiger partial charge in [0, 0.05) is 29.8 Å². The highest BCUT2D eigenvalue weighted by atomic mass is 79.9. The number of anilines is 1. The lowest BCUT2D eigenvalue weighted by Crippen LogP contribution is -2.34. The number of sulfonamides is 1. The predicted molar refractivity (Wildman–Crippen MR) is 87.9 cm³/mol.